The molecule has 2 spiro atoms. The SMILES string of the molecule is CCN1CCC12CC(NC(=O)CN1CC3(CC3)c3cc(Br)ccc3C1=O)C2. The molecule has 4 aliphatic rings. The van der Waals surface area contributed by atoms with Crippen molar-refractivity contribution in [1.29, 1.82) is 0 Å². The second-order valence-electron chi connectivity index (χ2n) is 8.86. The molecule has 5 nitrogen and oxygen atoms in total. The topological polar surface area (TPSA) is 52.7 Å². The Morgan fingerprint density at radius 2 is 2.07 bits per heavy atom. The Labute approximate surface area is 168 Å². The predicted octanol–water partition coefficient (Wildman–Crippen LogP) is 2.68. The number of hydrogen-bond donors (Lipinski definition) is 1. The first-order valence-corrected chi connectivity index (χ1v) is 10.9. The van der Waals surface area contributed by atoms with Gasteiger partial charge in [-0.15, -0.1) is 0 Å². The molecule has 3 fully saturated rings. The fourth-order valence-corrected chi connectivity index (χ4v) is 5.85. The molecule has 27 heavy (non-hydrogen) atoms. The highest BCUT2D eigenvalue weighted by molar-refractivity contribution is 9.10. The maximum Gasteiger partial charge on any atom is 0.254 e. The summed E-state index contributed by atoms with van der Waals surface area (Å²) >= 11 is 3.52. The van der Waals surface area contributed by atoms with Gasteiger partial charge in [0.1, 0.15) is 0 Å². The molecular weight excluding hydrogens is 406 g/mol. The fourth-order valence-electron chi connectivity index (χ4n) is 5.49. The zero-order valence-corrected chi connectivity index (χ0v) is 17.3. The predicted molar refractivity (Wildman–Crippen MR) is 107 cm³/mol. The van der Waals surface area contributed by atoms with E-state index in [0.717, 1.165) is 47.8 Å². The molecule has 0 atom stereocenters. The smallest absolute Gasteiger partial charge is 0.254 e. The summed E-state index contributed by atoms with van der Waals surface area (Å²) in [7, 11) is 0. The second-order valence-corrected chi connectivity index (χ2v) is 9.77. The Morgan fingerprint density at radius 3 is 2.70 bits per heavy atom. The number of carbonyl (C=O) groups is 2. The zero-order chi connectivity index (χ0) is 18.8. The number of hydrogen-bond acceptors (Lipinski definition) is 3. The van der Waals surface area contributed by atoms with E-state index in [4.69, 9.17) is 0 Å². The number of carbonyl (C=O) groups excluding carboxylic acids is 2. The van der Waals surface area contributed by atoms with Crippen LogP contribution in [0.25, 0.3) is 0 Å². The molecule has 144 valence electrons. The molecule has 2 aliphatic carbocycles. The van der Waals surface area contributed by atoms with Gasteiger partial charge in [-0.25, -0.2) is 0 Å². The van der Waals surface area contributed by atoms with Crippen molar-refractivity contribution in [2.45, 2.75) is 56.0 Å². The van der Waals surface area contributed by atoms with Crippen molar-refractivity contribution < 1.29 is 9.59 Å². The highest BCUT2D eigenvalue weighted by Gasteiger charge is 2.54. The van der Waals surface area contributed by atoms with Gasteiger partial charge in [0.2, 0.25) is 5.91 Å². The number of likely N-dealkylation sites (tertiary alicyclic amines) is 1. The lowest BCUT2D eigenvalue weighted by molar-refractivity contribution is -0.128. The van der Waals surface area contributed by atoms with Crippen LogP contribution in [0.4, 0.5) is 0 Å². The quantitative estimate of drug-likeness (QED) is 0.796. The van der Waals surface area contributed by atoms with Gasteiger partial charge in [-0.1, -0.05) is 22.9 Å². The van der Waals surface area contributed by atoms with E-state index in [2.05, 4.69) is 39.1 Å². The van der Waals surface area contributed by atoms with Crippen LogP contribution >= 0.6 is 15.9 Å². The van der Waals surface area contributed by atoms with Crippen molar-refractivity contribution in [1.82, 2.24) is 15.1 Å². The summed E-state index contributed by atoms with van der Waals surface area (Å²) in [6.45, 7) is 5.34. The van der Waals surface area contributed by atoms with Crippen molar-refractivity contribution >= 4 is 27.7 Å². The van der Waals surface area contributed by atoms with Gasteiger partial charge >= 0.3 is 0 Å². The summed E-state index contributed by atoms with van der Waals surface area (Å²) in [5.41, 5.74) is 2.36. The van der Waals surface area contributed by atoms with Crippen LogP contribution in [0.2, 0.25) is 0 Å². The van der Waals surface area contributed by atoms with Gasteiger partial charge in [-0.3, -0.25) is 14.5 Å². The third kappa shape index (κ3) is 2.75. The first kappa shape index (κ1) is 17.7. The van der Waals surface area contributed by atoms with E-state index in [1.807, 2.05) is 12.1 Å². The van der Waals surface area contributed by atoms with E-state index in [0.29, 0.717) is 12.1 Å². The van der Waals surface area contributed by atoms with Crippen LogP contribution in [-0.2, 0) is 10.2 Å². The van der Waals surface area contributed by atoms with Gasteiger partial charge < -0.3 is 10.2 Å². The first-order chi connectivity index (χ1) is 12.9. The fraction of sp³-hybridized carbons (Fsp3) is 0.619. The van der Waals surface area contributed by atoms with Gasteiger partial charge in [0.15, 0.2) is 0 Å². The monoisotopic (exact) mass is 431 g/mol. The summed E-state index contributed by atoms with van der Waals surface area (Å²) in [5.74, 6) is -0.0201. The normalized spacial score (nSPS) is 30.7. The molecule has 2 amide bonds. The number of rotatable bonds is 4. The van der Waals surface area contributed by atoms with Crippen molar-refractivity contribution in [2.75, 3.05) is 26.2 Å². The average Bonchev–Trinajstić information content (AvgIpc) is 3.35. The van der Waals surface area contributed by atoms with Gasteiger partial charge in [0, 0.05) is 40.1 Å². The van der Waals surface area contributed by atoms with Gasteiger partial charge in [-0.05, 0) is 62.4 Å². The Morgan fingerprint density at radius 1 is 1.30 bits per heavy atom. The van der Waals surface area contributed by atoms with E-state index in [9.17, 15) is 9.59 Å². The zero-order valence-electron chi connectivity index (χ0n) is 15.8. The Kier molecular flexibility index (Phi) is 3.96. The van der Waals surface area contributed by atoms with Gasteiger partial charge in [-0.2, -0.15) is 0 Å². The van der Waals surface area contributed by atoms with Crippen molar-refractivity contribution in [3.63, 3.8) is 0 Å². The summed E-state index contributed by atoms with van der Waals surface area (Å²) in [6.07, 6.45) is 5.56. The van der Waals surface area contributed by atoms with Crippen LogP contribution in [0.3, 0.4) is 0 Å². The maximum absolute atomic E-state index is 12.9. The molecule has 1 aromatic carbocycles. The number of halogens is 1. The highest BCUT2D eigenvalue weighted by Crippen LogP contribution is 2.52. The van der Waals surface area contributed by atoms with Crippen LogP contribution in [0.1, 0.15) is 54.9 Å². The average molecular weight is 432 g/mol. The summed E-state index contributed by atoms with van der Waals surface area (Å²) in [5, 5.41) is 3.17. The van der Waals surface area contributed by atoms with E-state index < -0.39 is 0 Å². The van der Waals surface area contributed by atoms with E-state index in [-0.39, 0.29) is 29.8 Å². The molecule has 6 heteroatoms. The summed E-state index contributed by atoms with van der Waals surface area (Å²) < 4.78 is 1.02. The second kappa shape index (κ2) is 6.05. The van der Waals surface area contributed by atoms with Gasteiger partial charge in [0.05, 0.1) is 6.54 Å². The minimum atomic E-state index is -0.0121. The van der Waals surface area contributed by atoms with Crippen molar-refractivity contribution in [2.24, 2.45) is 0 Å². The molecule has 0 radical (unpaired) electrons. The Hall–Kier alpha value is -1.40. The van der Waals surface area contributed by atoms with Crippen LogP contribution in [0.15, 0.2) is 22.7 Å². The van der Waals surface area contributed by atoms with E-state index in [1.54, 1.807) is 4.90 Å². The number of amides is 2. The summed E-state index contributed by atoms with van der Waals surface area (Å²) in [4.78, 5) is 29.8. The molecule has 1 N–H and O–H groups in total. The molecule has 0 bridgehead atoms. The Balaban J connectivity index is 1.22. The van der Waals surface area contributed by atoms with Crippen LogP contribution in [0.5, 0.6) is 0 Å². The highest BCUT2D eigenvalue weighted by atomic mass is 79.9. The molecule has 2 heterocycles. The molecule has 2 saturated carbocycles. The van der Waals surface area contributed by atoms with E-state index >= 15 is 0 Å². The number of benzene rings is 1. The summed E-state index contributed by atoms with van der Waals surface area (Å²) in [6, 6.07) is 6.17. The number of fused-ring (bicyclic) bond motifs is 2. The molecule has 0 aromatic heterocycles. The first-order valence-electron chi connectivity index (χ1n) is 10.1. The van der Waals surface area contributed by atoms with Crippen LogP contribution in [0, 0.1) is 0 Å². The van der Waals surface area contributed by atoms with Gasteiger partial charge in [0.25, 0.3) is 5.91 Å². The Bertz CT molecular complexity index is 812. The molecule has 1 aromatic rings. The van der Waals surface area contributed by atoms with Crippen molar-refractivity contribution in [3.05, 3.63) is 33.8 Å². The molecule has 2 aliphatic heterocycles. The number of nitrogens with one attached hydrogen (secondary N) is 1. The molecule has 0 unspecified atom stereocenters. The van der Waals surface area contributed by atoms with E-state index in [1.165, 1.54) is 13.0 Å². The number of nitrogens with zero attached hydrogens (tertiary/aromatic N) is 2. The standard InChI is InChI=1S/C21H26BrN3O2/c1-2-25-8-7-21(25)10-15(11-21)23-18(26)12-24-13-20(5-6-20)17-9-14(22)3-4-16(17)19(24)27/h3-4,9,15H,2,5-8,10-13H2,1H3,(H,23,26). The van der Waals surface area contributed by atoms with Crippen LogP contribution < -0.4 is 5.32 Å². The minimum absolute atomic E-state index is 0.00796. The minimum Gasteiger partial charge on any atom is -0.352 e. The molecular formula is C21H26BrN3O2. The van der Waals surface area contributed by atoms with Crippen molar-refractivity contribution in [3.8, 4) is 0 Å². The maximum atomic E-state index is 12.9. The molecule has 5 rings (SSSR count). The third-order valence-corrected chi connectivity index (χ3v) is 7.76. The molecule has 1 saturated heterocycles. The third-order valence-electron chi connectivity index (χ3n) is 7.27. The lowest BCUT2D eigenvalue weighted by atomic mass is 9.64. The van der Waals surface area contributed by atoms with Crippen LogP contribution in [-0.4, -0.2) is 59.4 Å². The lowest BCUT2D eigenvalue weighted by Gasteiger charge is -2.61. The lowest BCUT2D eigenvalue weighted by Crippen LogP contribution is -2.70. The largest absolute Gasteiger partial charge is 0.352 e.